The van der Waals surface area contributed by atoms with Crippen molar-refractivity contribution in [3.8, 4) is 11.5 Å². The molecule has 1 amide bonds. The Bertz CT molecular complexity index is 844. The highest BCUT2D eigenvalue weighted by Crippen LogP contribution is 2.36. The van der Waals surface area contributed by atoms with Gasteiger partial charge < -0.3 is 14.8 Å². The maximum absolute atomic E-state index is 12.6. The lowest BCUT2D eigenvalue weighted by Gasteiger charge is -2.26. The molecule has 2 aromatic carbocycles. The Hall–Kier alpha value is -3.15. The topological polar surface area (TPSA) is 81.7 Å². The molecule has 6 nitrogen and oxygen atoms in total. The van der Waals surface area contributed by atoms with Gasteiger partial charge in [0.1, 0.15) is 0 Å². The molecule has 1 aliphatic rings. The van der Waals surface area contributed by atoms with Gasteiger partial charge in [0.05, 0.1) is 14.2 Å². The SMILES string of the molecule is COc1ccc(C2CC(=O)C(C(=O)Nc3ccccc3)C(=O)C2)cc1OC. The van der Waals surface area contributed by atoms with Crippen LogP contribution in [0.3, 0.4) is 0 Å². The van der Waals surface area contributed by atoms with Gasteiger partial charge in [-0.05, 0) is 35.7 Å². The van der Waals surface area contributed by atoms with Crippen LogP contribution < -0.4 is 14.8 Å². The third kappa shape index (κ3) is 4.00. The van der Waals surface area contributed by atoms with Crippen molar-refractivity contribution in [3.05, 3.63) is 54.1 Å². The van der Waals surface area contributed by atoms with Gasteiger partial charge in [-0.2, -0.15) is 0 Å². The van der Waals surface area contributed by atoms with Crippen molar-refractivity contribution in [2.45, 2.75) is 18.8 Å². The summed E-state index contributed by atoms with van der Waals surface area (Å²) < 4.78 is 10.5. The predicted molar refractivity (Wildman–Crippen MR) is 100 cm³/mol. The van der Waals surface area contributed by atoms with E-state index < -0.39 is 11.8 Å². The summed E-state index contributed by atoms with van der Waals surface area (Å²) in [6, 6.07) is 14.1. The van der Waals surface area contributed by atoms with Crippen molar-refractivity contribution < 1.29 is 23.9 Å². The number of Topliss-reactive ketones (excluding diaryl/α,β-unsaturated/α-hetero) is 2. The number of methoxy groups -OCH3 is 2. The van der Waals surface area contributed by atoms with Crippen LogP contribution in [0.5, 0.6) is 11.5 Å². The Morgan fingerprint density at radius 3 is 2.15 bits per heavy atom. The molecule has 3 rings (SSSR count). The predicted octanol–water partition coefficient (Wildman–Crippen LogP) is 2.97. The van der Waals surface area contributed by atoms with E-state index in [1.54, 1.807) is 43.5 Å². The number of rotatable bonds is 5. The maximum atomic E-state index is 12.6. The van der Waals surface area contributed by atoms with Gasteiger partial charge in [-0.1, -0.05) is 24.3 Å². The molecule has 2 aromatic rings. The summed E-state index contributed by atoms with van der Waals surface area (Å²) in [6.45, 7) is 0. The van der Waals surface area contributed by atoms with E-state index in [2.05, 4.69) is 5.32 Å². The molecular weight excluding hydrogens is 346 g/mol. The van der Waals surface area contributed by atoms with Crippen LogP contribution in [0.4, 0.5) is 5.69 Å². The minimum absolute atomic E-state index is 0.133. The molecule has 1 aliphatic carbocycles. The highest BCUT2D eigenvalue weighted by molar-refractivity contribution is 6.23. The molecule has 6 heteroatoms. The standard InChI is InChI=1S/C21H21NO5/c1-26-18-9-8-13(12-19(18)27-2)14-10-16(23)20(17(24)11-14)21(25)22-15-6-4-3-5-7-15/h3-9,12,14,20H,10-11H2,1-2H3,(H,22,25). The van der Waals surface area contributed by atoms with Crippen LogP contribution in [0.25, 0.3) is 0 Å². The van der Waals surface area contributed by atoms with Crippen molar-refractivity contribution >= 4 is 23.2 Å². The van der Waals surface area contributed by atoms with Crippen molar-refractivity contribution in [3.63, 3.8) is 0 Å². The average molecular weight is 367 g/mol. The largest absolute Gasteiger partial charge is 0.493 e. The fraction of sp³-hybridized carbons (Fsp3) is 0.286. The second-order valence-electron chi connectivity index (χ2n) is 6.44. The Morgan fingerprint density at radius 1 is 0.926 bits per heavy atom. The van der Waals surface area contributed by atoms with Gasteiger partial charge in [-0.15, -0.1) is 0 Å². The third-order valence-electron chi connectivity index (χ3n) is 4.72. The summed E-state index contributed by atoms with van der Waals surface area (Å²) in [6.07, 6.45) is 0.266. The lowest BCUT2D eigenvalue weighted by molar-refractivity contribution is -0.141. The molecule has 0 aliphatic heterocycles. The molecule has 1 N–H and O–H groups in total. The van der Waals surface area contributed by atoms with E-state index >= 15 is 0 Å². The van der Waals surface area contributed by atoms with Crippen LogP contribution in [0, 0.1) is 5.92 Å². The van der Waals surface area contributed by atoms with Gasteiger partial charge in [-0.25, -0.2) is 0 Å². The van der Waals surface area contributed by atoms with E-state index in [9.17, 15) is 14.4 Å². The summed E-state index contributed by atoms with van der Waals surface area (Å²) in [5.41, 5.74) is 1.38. The molecule has 0 aromatic heterocycles. The summed E-state index contributed by atoms with van der Waals surface area (Å²) in [5.74, 6) is -1.69. The van der Waals surface area contributed by atoms with Gasteiger partial charge in [0, 0.05) is 18.5 Å². The van der Waals surface area contributed by atoms with Crippen LogP contribution in [-0.2, 0) is 14.4 Å². The monoisotopic (exact) mass is 367 g/mol. The van der Waals surface area contributed by atoms with Gasteiger partial charge >= 0.3 is 0 Å². The van der Waals surface area contributed by atoms with Crippen LogP contribution >= 0.6 is 0 Å². The number of hydrogen-bond donors (Lipinski definition) is 1. The highest BCUT2D eigenvalue weighted by atomic mass is 16.5. The number of carbonyl (C=O) groups excluding carboxylic acids is 3. The second-order valence-corrected chi connectivity index (χ2v) is 6.44. The normalized spacial score (nSPS) is 19.5. The Balaban J connectivity index is 1.74. The van der Waals surface area contributed by atoms with Crippen LogP contribution in [0.15, 0.2) is 48.5 Å². The van der Waals surface area contributed by atoms with Crippen LogP contribution in [-0.4, -0.2) is 31.7 Å². The number of para-hydroxylation sites is 1. The van der Waals surface area contributed by atoms with Crippen molar-refractivity contribution in [1.82, 2.24) is 0 Å². The first-order valence-electron chi connectivity index (χ1n) is 8.66. The highest BCUT2D eigenvalue weighted by Gasteiger charge is 2.40. The summed E-state index contributed by atoms with van der Waals surface area (Å²) >= 11 is 0. The molecule has 0 heterocycles. The lowest BCUT2D eigenvalue weighted by atomic mass is 9.76. The zero-order valence-corrected chi connectivity index (χ0v) is 15.2. The summed E-state index contributed by atoms with van der Waals surface area (Å²) in [7, 11) is 3.07. The summed E-state index contributed by atoms with van der Waals surface area (Å²) in [5, 5.41) is 2.64. The van der Waals surface area contributed by atoms with Gasteiger partial charge in [0.2, 0.25) is 5.91 Å². The van der Waals surface area contributed by atoms with Crippen molar-refractivity contribution in [2.75, 3.05) is 19.5 Å². The maximum Gasteiger partial charge on any atom is 0.242 e. The summed E-state index contributed by atoms with van der Waals surface area (Å²) in [4.78, 5) is 37.5. The quantitative estimate of drug-likeness (QED) is 0.822. The van der Waals surface area contributed by atoms with E-state index in [1.807, 2.05) is 12.1 Å². The molecule has 27 heavy (non-hydrogen) atoms. The van der Waals surface area contributed by atoms with Gasteiger partial charge in [-0.3, -0.25) is 14.4 Å². The number of nitrogens with one attached hydrogen (secondary N) is 1. The molecule has 0 unspecified atom stereocenters. The second kappa shape index (κ2) is 8.03. The number of carbonyl (C=O) groups is 3. The van der Waals surface area contributed by atoms with E-state index in [1.165, 1.54) is 7.11 Å². The number of hydrogen-bond acceptors (Lipinski definition) is 5. The van der Waals surface area contributed by atoms with Crippen LogP contribution in [0.2, 0.25) is 0 Å². The molecule has 0 saturated heterocycles. The first kappa shape index (κ1) is 18.6. The third-order valence-corrected chi connectivity index (χ3v) is 4.72. The molecule has 0 spiro atoms. The van der Waals surface area contributed by atoms with Crippen LogP contribution in [0.1, 0.15) is 24.3 Å². The molecule has 0 radical (unpaired) electrons. The first-order chi connectivity index (χ1) is 13.0. The van der Waals surface area contributed by atoms with Gasteiger partial charge in [0.15, 0.2) is 29.0 Å². The molecule has 1 saturated carbocycles. The molecule has 140 valence electrons. The van der Waals surface area contributed by atoms with Gasteiger partial charge in [0.25, 0.3) is 0 Å². The lowest BCUT2D eigenvalue weighted by Crippen LogP contribution is -2.40. The van der Waals surface area contributed by atoms with Crippen molar-refractivity contribution in [1.29, 1.82) is 0 Å². The number of anilines is 1. The molecule has 1 fully saturated rings. The fourth-order valence-corrected chi connectivity index (χ4v) is 3.34. The smallest absolute Gasteiger partial charge is 0.242 e. The van der Waals surface area contributed by atoms with Crippen molar-refractivity contribution in [2.24, 2.45) is 5.92 Å². The average Bonchev–Trinajstić information content (AvgIpc) is 2.67. The van der Waals surface area contributed by atoms with E-state index in [0.29, 0.717) is 17.2 Å². The molecule has 0 atom stereocenters. The minimum atomic E-state index is -1.25. The zero-order valence-electron chi connectivity index (χ0n) is 15.2. The Labute approximate surface area is 157 Å². The number of amides is 1. The molecule has 0 bridgehead atoms. The van der Waals surface area contributed by atoms with E-state index in [4.69, 9.17) is 9.47 Å². The number of ether oxygens (including phenoxy) is 2. The zero-order chi connectivity index (χ0) is 19.4. The Morgan fingerprint density at radius 2 is 1.56 bits per heavy atom. The van der Waals surface area contributed by atoms with E-state index in [-0.39, 0.29) is 30.3 Å². The Kier molecular flexibility index (Phi) is 5.54. The van der Waals surface area contributed by atoms with E-state index in [0.717, 1.165) is 5.56 Å². The minimum Gasteiger partial charge on any atom is -0.493 e. The first-order valence-corrected chi connectivity index (χ1v) is 8.66. The number of benzene rings is 2. The fourth-order valence-electron chi connectivity index (χ4n) is 3.34. The molecular formula is C21H21NO5. The number of ketones is 2.